The third-order valence-corrected chi connectivity index (χ3v) is 4.71. The van der Waals surface area contributed by atoms with E-state index in [0.717, 1.165) is 22.7 Å². The van der Waals surface area contributed by atoms with Gasteiger partial charge in [-0.25, -0.2) is 4.98 Å². The first-order chi connectivity index (χ1) is 16.1. The van der Waals surface area contributed by atoms with E-state index in [-0.39, 0.29) is 5.91 Å². The molecule has 0 saturated carbocycles. The van der Waals surface area contributed by atoms with Crippen molar-refractivity contribution in [3.63, 3.8) is 0 Å². The lowest BCUT2D eigenvalue weighted by Gasteiger charge is -2.13. The molecule has 170 valence electrons. The molecule has 0 unspecified atom stereocenters. The highest BCUT2D eigenvalue weighted by molar-refractivity contribution is 5.98. The summed E-state index contributed by atoms with van der Waals surface area (Å²) in [5.74, 6) is 1.75. The van der Waals surface area contributed by atoms with Crippen molar-refractivity contribution >= 4 is 23.2 Å². The van der Waals surface area contributed by atoms with Crippen LogP contribution in [0.2, 0.25) is 0 Å². The SMILES string of the molecule is C=CC(=O)Nc1cccc(Oc2nc(Nc3ccc(OCCOC)cc3)nc3c2COC3)c1. The van der Waals surface area contributed by atoms with Crippen molar-refractivity contribution in [1.82, 2.24) is 9.97 Å². The van der Waals surface area contributed by atoms with Crippen LogP contribution in [0, 0.1) is 0 Å². The van der Waals surface area contributed by atoms with Crippen LogP contribution < -0.4 is 20.1 Å². The topological polar surface area (TPSA) is 104 Å². The maximum atomic E-state index is 11.6. The number of carbonyl (C=O) groups is 1. The van der Waals surface area contributed by atoms with E-state index in [4.69, 9.17) is 18.9 Å². The molecule has 0 fully saturated rings. The Balaban J connectivity index is 1.51. The summed E-state index contributed by atoms with van der Waals surface area (Å²) in [5, 5.41) is 5.90. The van der Waals surface area contributed by atoms with Crippen LogP contribution in [0.25, 0.3) is 0 Å². The molecule has 4 rings (SSSR count). The summed E-state index contributed by atoms with van der Waals surface area (Å²) in [6, 6.07) is 14.5. The Hall–Kier alpha value is -3.95. The summed E-state index contributed by atoms with van der Waals surface area (Å²) in [4.78, 5) is 20.7. The van der Waals surface area contributed by atoms with Crippen LogP contribution in [0.3, 0.4) is 0 Å². The van der Waals surface area contributed by atoms with Gasteiger partial charge in [0.05, 0.1) is 31.1 Å². The van der Waals surface area contributed by atoms with Gasteiger partial charge in [-0.2, -0.15) is 4.98 Å². The summed E-state index contributed by atoms with van der Waals surface area (Å²) in [7, 11) is 1.63. The highest BCUT2D eigenvalue weighted by atomic mass is 16.5. The van der Waals surface area contributed by atoms with Gasteiger partial charge in [0.1, 0.15) is 18.1 Å². The van der Waals surface area contributed by atoms with Crippen LogP contribution in [0.1, 0.15) is 11.3 Å². The van der Waals surface area contributed by atoms with Gasteiger partial charge in [-0.1, -0.05) is 12.6 Å². The van der Waals surface area contributed by atoms with E-state index < -0.39 is 0 Å². The van der Waals surface area contributed by atoms with E-state index in [1.54, 1.807) is 31.4 Å². The number of hydrogen-bond donors (Lipinski definition) is 2. The number of aromatic nitrogens is 2. The second-order valence-corrected chi connectivity index (χ2v) is 7.08. The largest absolute Gasteiger partial charge is 0.491 e. The van der Waals surface area contributed by atoms with E-state index in [2.05, 4.69) is 27.2 Å². The average Bonchev–Trinajstić information content (AvgIpc) is 3.30. The van der Waals surface area contributed by atoms with Gasteiger partial charge in [0, 0.05) is 24.6 Å². The van der Waals surface area contributed by atoms with Crippen LogP contribution in [0.15, 0.2) is 61.2 Å². The molecule has 1 aliphatic heterocycles. The number of benzene rings is 2. The van der Waals surface area contributed by atoms with Gasteiger partial charge in [-0.05, 0) is 42.5 Å². The van der Waals surface area contributed by atoms with Crippen LogP contribution in [-0.4, -0.2) is 36.2 Å². The van der Waals surface area contributed by atoms with Crippen LogP contribution in [0.4, 0.5) is 17.3 Å². The number of fused-ring (bicyclic) bond motifs is 1. The number of rotatable bonds is 10. The second kappa shape index (κ2) is 10.6. The predicted octanol–water partition coefficient (Wildman–Crippen LogP) is 4.19. The molecule has 0 radical (unpaired) electrons. The molecule has 1 aromatic heterocycles. The summed E-state index contributed by atoms with van der Waals surface area (Å²) in [6.07, 6.45) is 1.21. The Morgan fingerprint density at radius 1 is 1.09 bits per heavy atom. The first-order valence-corrected chi connectivity index (χ1v) is 10.3. The molecule has 1 amide bonds. The Morgan fingerprint density at radius 2 is 1.94 bits per heavy atom. The molecule has 9 heteroatoms. The van der Waals surface area contributed by atoms with Gasteiger partial charge in [0.2, 0.25) is 17.7 Å². The zero-order chi connectivity index (χ0) is 23.0. The van der Waals surface area contributed by atoms with E-state index in [0.29, 0.717) is 49.7 Å². The zero-order valence-electron chi connectivity index (χ0n) is 18.2. The van der Waals surface area contributed by atoms with E-state index >= 15 is 0 Å². The summed E-state index contributed by atoms with van der Waals surface area (Å²) < 4.78 is 22.2. The lowest BCUT2D eigenvalue weighted by Crippen LogP contribution is -2.07. The molecule has 1 aliphatic rings. The number of ether oxygens (including phenoxy) is 4. The second-order valence-electron chi connectivity index (χ2n) is 7.08. The fourth-order valence-corrected chi connectivity index (χ4v) is 3.11. The minimum absolute atomic E-state index is 0.301. The Morgan fingerprint density at radius 3 is 2.73 bits per heavy atom. The number of amides is 1. The lowest BCUT2D eigenvalue weighted by atomic mass is 10.2. The molecule has 33 heavy (non-hydrogen) atoms. The Labute approximate surface area is 191 Å². The Kier molecular flexibility index (Phi) is 7.13. The molecule has 9 nitrogen and oxygen atoms in total. The third kappa shape index (κ3) is 5.85. The maximum Gasteiger partial charge on any atom is 0.247 e. The molecule has 0 spiro atoms. The number of nitrogens with one attached hydrogen (secondary N) is 2. The van der Waals surface area contributed by atoms with E-state index in [1.807, 2.05) is 24.3 Å². The maximum absolute atomic E-state index is 11.6. The highest BCUT2D eigenvalue weighted by Crippen LogP contribution is 2.32. The van der Waals surface area contributed by atoms with Gasteiger partial charge in [-0.15, -0.1) is 0 Å². The molecule has 0 bridgehead atoms. The highest BCUT2D eigenvalue weighted by Gasteiger charge is 2.22. The predicted molar refractivity (Wildman–Crippen MR) is 123 cm³/mol. The van der Waals surface area contributed by atoms with Crippen molar-refractivity contribution in [1.29, 1.82) is 0 Å². The molecular weight excluding hydrogens is 424 g/mol. The van der Waals surface area contributed by atoms with Crippen molar-refractivity contribution in [2.24, 2.45) is 0 Å². The lowest BCUT2D eigenvalue weighted by molar-refractivity contribution is -0.111. The third-order valence-electron chi connectivity index (χ3n) is 4.71. The minimum Gasteiger partial charge on any atom is -0.491 e. The Bertz CT molecular complexity index is 1130. The van der Waals surface area contributed by atoms with Crippen molar-refractivity contribution in [3.05, 3.63) is 72.4 Å². The number of carbonyl (C=O) groups excluding carboxylic acids is 1. The summed E-state index contributed by atoms with van der Waals surface area (Å²) >= 11 is 0. The number of anilines is 3. The van der Waals surface area contributed by atoms with Gasteiger partial charge in [0.25, 0.3) is 0 Å². The quantitative estimate of drug-likeness (QED) is 0.351. The number of methoxy groups -OCH3 is 1. The number of hydrogen-bond acceptors (Lipinski definition) is 8. The first-order valence-electron chi connectivity index (χ1n) is 10.3. The molecule has 3 aromatic rings. The van der Waals surface area contributed by atoms with Gasteiger partial charge < -0.3 is 29.6 Å². The fourth-order valence-electron chi connectivity index (χ4n) is 3.11. The van der Waals surface area contributed by atoms with E-state index in [1.165, 1.54) is 6.08 Å². The molecule has 2 N–H and O–H groups in total. The molecule has 0 aliphatic carbocycles. The standard InChI is InChI=1S/C24H24N4O5/c1-3-22(29)25-17-5-4-6-19(13-17)33-23-20-14-31-15-21(20)27-24(28-23)26-16-7-9-18(10-8-16)32-12-11-30-2/h3-10,13H,1,11-12,14-15H2,2H3,(H,25,29)(H,26,27,28). The average molecular weight is 448 g/mol. The van der Waals surface area contributed by atoms with Crippen molar-refractivity contribution < 1.29 is 23.7 Å². The molecule has 0 saturated heterocycles. The molecular formula is C24H24N4O5. The van der Waals surface area contributed by atoms with Gasteiger partial charge in [-0.3, -0.25) is 4.79 Å². The van der Waals surface area contributed by atoms with Crippen molar-refractivity contribution in [2.45, 2.75) is 13.2 Å². The molecule has 2 aromatic carbocycles. The van der Waals surface area contributed by atoms with Crippen LogP contribution >= 0.6 is 0 Å². The zero-order valence-corrected chi connectivity index (χ0v) is 18.2. The van der Waals surface area contributed by atoms with Gasteiger partial charge >= 0.3 is 0 Å². The van der Waals surface area contributed by atoms with Crippen LogP contribution in [-0.2, 0) is 27.5 Å². The fraction of sp³-hybridized carbons (Fsp3) is 0.208. The summed E-state index contributed by atoms with van der Waals surface area (Å²) in [6.45, 7) is 5.21. The van der Waals surface area contributed by atoms with E-state index in [9.17, 15) is 4.79 Å². The van der Waals surface area contributed by atoms with Gasteiger partial charge in [0.15, 0.2) is 0 Å². The minimum atomic E-state index is -0.301. The monoisotopic (exact) mass is 448 g/mol. The van der Waals surface area contributed by atoms with Crippen LogP contribution in [0.5, 0.6) is 17.4 Å². The number of nitrogens with zero attached hydrogens (tertiary/aromatic N) is 2. The van der Waals surface area contributed by atoms with Crippen molar-refractivity contribution in [3.8, 4) is 17.4 Å². The molecule has 0 atom stereocenters. The normalized spacial score (nSPS) is 12.0. The summed E-state index contributed by atoms with van der Waals surface area (Å²) in [5.41, 5.74) is 2.94. The van der Waals surface area contributed by atoms with Crippen molar-refractivity contribution in [2.75, 3.05) is 31.0 Å². The molecule has 2 heterocycles. The smallest absolute Gasteiger partial charge is 0.247 e. The first kappa shape index (κ1) is 22.3.